The molecule has 0 N–H and O–H groups in total. The maximum absolute atomic E-state index is 12.0. The molecule has 0 radical (unpaired) electrons. The first-order valence-corrected chi connectivity index (χ1v) is 6.11. The van der Waals surface area contributed by atoms with Crippen molar-refractivity contribution in [1.29, 1.82) is 10.5 Å². The number of β-lactam (4-membered cyclic amide) rings is 1. The molecule has 0 aliphatic carbocycles. The summed E-state index contributed by atoms with van der Waals surface area (Å²) in [6, 6.07) is 10.5. The van der Waals surface area contributed by atoms with E-state index in [1.807, 2.05) is 12.1 Å². The highest BCUT2D eigenvalue weighted by Crippen LogP contribution is 2.34. The van der Waals surface area contributed by atoms with Gasteiger partial charge in [0.2, 0.25) is 5.91 Å². The summed E-state index contributed by atoms with van der Waals surface area (Å²) in [5.74, 6) is 0.456. The van der Waals surface area contributed by atoms with Crippen molar-refractivity contribution in [2.75, 3.05) is 12.0 Å². The van der Waals surface area contributed by atoms with Crippen LogP contribution < -0.4 is 9.64 Å². The van der Waals surface area contributed by atoms with Crippen LogP contribution in [0.3, 0.4) is 0 Å². The lowest BCUT2D eigenvalue weighted by Gasteiger charge is -2.44. The highest BCUT2D eigenvalue weighted by Gasteiger charge is 2.43. The number of amides is 1. The van der Waals surface area contributed by atoms with Gasteiger partial charge in [0.05, 0.1) is 19.1 Å². The van der Waals surface area contributed by atoms with Crippen molar-refractivity contribution < 1.29 is 9.53 Å². The summed E-state index contributed by atoms with van der Waals surface area (Å²) >= 11 is 0. The molecule has 1 heterocycles. The number of hydrogen-bond donors (Lipinski definition) is 0. The van der Waals surface area contributed by atoms with Gasteiger partial charge in [0, 0.05) is 5.69 Å². The molecule has 1 saturated heterocycles. The molecule has 100 valence electrons. The fourth-order valence-corrected chi connectivity index (χ4v) is 2.19. The molecule has 5 nitrogen and oxygen atoms in total. The first-order chi connectivity index (χ1) is 9.62. The number of carbonyl (C=O) groups is 1. The van der Waals surface area contributed by atoms with Gasteiger partial charge in [0.25, 0.3) is 0 Å². The second-order valence-electron chi connectivity index (χ2n) is 4.49. The third kappa shape index (κ3) is 2.22. The van der Waals surface area contributed by atoms with Gasteiger partial charge in [-0.1, -0.05) is 6.92 Å². The van der Waals surface area contributed by atoms with Gasteiger partial charge in [-0.3, -0.25) is 4.79 Å². The summed E-state index contributed by atoms with van der Waals surface area (Å²) < 4.78 is 5.07. The van der Waals surface area contributed by atoms with Gasteiger partial charge in [-0.25, -0.2) is 0 Å². The summed E-state index contributed by atoms with van der Waals surface area (Å²) in [5.41, 5.74) is 0.748. The molecule has 2 rings (SSSR count). The van der Waals surface area contributed by atoms with Gasteiger partial charge in [-0.2, -0.15) is 10.5 Å². The third-order valence-electron chi connectivity index (χ3n) is 3.37. The van der Waals surface area contributed by atoms with E-state index >= 15 is 0 Å². The van der Waals surface area contributed by atoms with E-state index in [1.165, 1.54) is 6.08 Å². The number of anilines is 1. The maximum atomic E-state index is 12.0. The quantitative estimate of drug-likeness (QED) is 0.620. The minimum Gasteiger partial charge on any atom is -0.497 e. The Kier molecular flexibility index (Phi) is 3.72. The van der Waals surface area contributed by atoms with Gasteiger partial charge in [0.1, 0.15) is 23.5 Å². The minimum atomic E-state index is -0.259. The zero-order valence-electron chi connectivity index (χ0n) is 11.2. The molecule has 2 atom stereocenters. The van der Waals surface area contributed by atoms with E-state index < -0.39 is 0 Å². The smallest absolute Gasteiger partial charge is 0.232 e. The van der Waals surface area contributed by atoms with Crippen molar-refractivity contribution in [3.05, 3.63) is 35.9 Å². The number of allylic oxidation sites excluding steroid dienone is 1. The average Bonchev–Trinajstić information content (AvgIpc) is 2.51. The Balaban J connectivity index is 2.30. The molecule has 1 aliphatic heterocycles. The number of benzene rings is 1. The Hall–Kier alpha value is -2.79. The zero-order chi connectivity index (χ0) is 14.7. The number of hydrogen-bond acceptors (Lipinski definition) is 4. The lowest BCUT2D eigenvalue weighted by Crippen LogP contribution is -2.59. The number of rotatable bonds is 3. The number of methoxy groups -OCH3 is 1. The van der Waals surface area contributed by atoms with Crippen molar-refractivity contribution in [2.45, 2.75) is 13.0 Å². The maximum Gasteiger partial charge on any atom is 0.232 e. The van der Waals surface area contributed by atoms with E-state index in [0.29, 0.717) is 5.75 Å². The molecule has 0 saturated carbocycles. The molecule has 0 spiro atoms. The Morgan fingerprint density at radius 3 is 2.40 bits per heavy atom. The predicted octanol–water partition coefficient (Wildman–Crippen LogP) is 2.02. The average molecular weight is 267 g/mol. The lowest BCUT2D eigenvalue weighted by atomic mass is 9.87. The Labute approximate surface area is 117 Å². The van der Waals surface area contributed by atoms with Crippen LogP contribution in [0.1, 0.15) is 6.92 Å². The predicted molar refractivity (Wildman–Crippen MR) is 72.7 cm³/mol. The normalized spacial score (nSPS) is 20.4. The molecular weight excluding hydrogens is 254 g/mol. The van der Waals surface area contributed by atoms with Gasteiger partial charge in [0.15, 0.2) is 0 Å². The van der Waals surface area contributed by atoms with Gasteiger partial charge >= 0.3 is 0 Å². The van der Waals surface area contributed by atoms with E-state index in [4.69, 9.17) is 15.3 Å². The second kappa shape index (κ2) is 5.46. The summed E-state index contributed by atoms with van der Waals surface area (Å²) in [7, 11) is 1.57. The molecule has 1 aliphatic rings. The van der Waals surface area contributed by atoms with Crippen molar-refractivity contribution in [3.8, 4) is 17.9 Å². The molecule has 1 aromatic carbocycles. The molecule has 1 amide bonds. The van der Waals surface area contributed by atoms with E-state index in [0.717, 1.165) is 5.69 Å². The summed E-state index contributed by atoms with van der Waals surface area (Å²) in [5, 5.41) is 17.6. The van der Waals surface area contributed by atoms with Crippen LogP contribution >= 0.6 is 0 Å². The van der Waals surface area contributed by atoms with Crippen LogP contribution in [0, 0.1) is 28.6 Å². The largest absolute Gasteiger partial charge is 0.497 e. The topological polar surface area (TPSA) is 77.1 Å². The van der Waals surface area contributed by atoms with Crippen LogP contribution in [0.4, 0.5) is 5.69 Å². The van der Waals surface area contributed by atoms with Crippen molar-refractivity contribution in [2.24, 2.45) is 5.92 Å². The zero-order valence-corrected chi connectivity index (χ0v) is 11.2. The third-order valence-corrected chi connectivity index (χ3v) is 3.37. The highest BCUT2D eigenvalue weighted by molar-refractivity contribution is 6.03. The van der Waals surface area contributed by atoms with E-state index in [9.17, 15) is 4.79 Å². The molecule has 20 heavy (non-hydrogen) atoms. The molecule has 0 aromatic heterocycles. The minimum absolute atomic E-state index is 0.0212. The number of carbonyl (C=O) groups excluding carboxylic acids is 1. The van der Waals surface area contributed by atoms with E-state index in [-0.39, 0.29) is 23.4 Å². The Morgan fingerprint density at radius 1 is 1.30 bits per heavy atom. The standard InChI is InChI=1S/C15H13N3O2/c1-10-14(7-11(8-16)9-17)18(15(10)19)12-3-5-13(20-2)6-4-12/h3-7,10,14H,1-2H3/t10-,14+/m0/s1. The molecule has 5 heteroatoms. The highest BCUT2D eigenvalue weighted by atomic mass is 16.5. The fourth-order valence-electron chi connectivity index (χ4n) is 2.19. The Bertz CT molecular complexity index is 619. The van der Waals surface area contributed by atoms with Crippen LogP contribution in [0.2, 0.25) is 0 Å². The number of nitrogens with zero attached hydrogens (tertiary/aromatic N) is 3. The van der Waals surface area contributed by atoms with Crippen molar-refractivity contribution >= 4 is 11.6 Å². The van der Waals surface area contributed by atoms with Gasteiger partial charge in [-0.15, -0.1) is 0 Å². The molecule has 0 bridgehead atoms. The van der Waals surface area contributed by atoms with Crippen LogP contribution in [0.5, 0.6) is 5.75 Å². The first-order valence-electron chi connectivity index (χ1n) is 6.11. The first kappa shape index (κ1) is 13.6. The molecular formula is C15H13N3O2. The SMILES string of the molecule is COc1ccc(N2C(=O)[C@@H](C)[C@H]2C=C(C#N)C#N)cc1. The van der Waals surface area contributed by atoms with Gasteiger partial charge < -0.3 is 9.64 Å². The fraction of sp³-hybridized carbons (Fsp3) is 0.267. The second-order valence-corrected chi connectivity index (χ2v) is 4.49. The summed E-state index contributed by atoms with van der Waals surface area (Å²) in [6.45, 7) is 1.79. The van der Waals surface area contributed by atoms with Gasteiger partial charge in [-0.05, 0) is 30.3 Å². The molecule has 1 fully saturated rings. The van der Waals surface area contributed by atoms with Crippen LogP contribution in [0.15, 0.2) is 35.9 Å². The van der Waals surface area contributed by atoms with Crippen molar-refractivity contribution in [1.82, 2.24) is 0 Å². The number of ether oxygens (including phenoxy) is 1. The van der Waals surface area contributed by atoms with E-state index in [1.54, 1.807) is 43.2 Å². The summed E-state index contributed by atoms with van der Waals surface area (Å²) in [4.78, 5) is 13.6. The van der Waals surface area contributed by atoms with Crippen molar-refractivity contribution in [3.63, 3.8) is 0 Å². The summed E-state index contributed by atoms with van der Waals surface area (Å²) in [6.07, 6.45) is 1.54. The van der Waals surface area contributed by atoms with E-state index in [2.05, 4.69) is 0 Å². The van der Waals surface area contributed by atoms with Crippen LogP contribution in [-0.4, -0.2) is 19.1 Å². The Morgan fingerprint density at radius 2 is 1.90 bits per heavy atom. The van der Waals surface area contributed by atoms with Crippen LogP contribution in [0.25, 0.3) is 0 Å². The number of nitriles is 2. The molecule has 0 unspecified atom stereocenters. The lowest BCUT2D eigenvalue weighted by molar-refractivity contribution is -0.128. The molecule has 1 aromatic rings. The monoisotopic (exact) mass is 267 g/mol. The van der Waals surface area contributed by atoms with Crippen LogP contribution in [-0.2, 0) is 4.79 Å².